The van der Waals surface area contributed by atoms with Crippen molar-refractivity contribution in [3.8, 4) is 0 Å². The highest BCUT2D eigenvalue weighted by Crippen LogP contribution is 2.22. The Labute approximate surface area is 101 Å². The van der Waals surface area contributed by atoms with Gasteiger partial charge in [0.05, 0.1) is 0 Å². The Balaban J connectivity index is 1.71. The lowest BCUT2D eigenvalue weighted by molar-refractivity contribution is -0.119. The van der Waals surface area contributed by atoms with Gasteiger partial charge in [-0.25, -0.2) is 0 Å². The van der Waals surface area contributed by atoms with Gasteiger partial charge in [0, 0.05) is 34.9 Å². The number of hydrogen-bond donors (Lipinski definition) is 2. The smallest absolute Gasteiger partial charge is 0.220 e. The summed E-state index contributed by atoms with van der Waals surface area (Å²) in [5.41, 5.74) is 0. The lowest BCUT2D eigenvalue weighted by Gasteiger charge is -2.10. The van der Waals surface area contributed by atoms with Crippen LogP contribution in [0.5, 0.6) is 0 Å². The van der Waals surface area contributed by atoms with Crippen molar-refractivity contribution in [2.75, 3.05) is 6.54 Å². The van der Waals surface area contributed by atoms with Crippen molar-refractivity contribution in [1.82, 2.24) is 10.6 Å². The summed E-state index contributed by atoms with van der Waals surface area (Å²) in [5, 5.41) is 8.36. The molecule has 1 saturated heterocycles. The van der Waals surface area contributed by atoms with Crippen LogP contribution in [0.4, 0.5) is 0 Å². The minimum absolute atomic E-state index is 0.180. The van der Waals surface area contributed by atoms with Gasteiger partial charge in [0.15, 0.2) is 0 Å². The Kier molecular flexibility index (Phi) is 3.77. The molecule has 2 heterocycles. The number of thiophene rings is 1. The standard InChI is InChI=1S/C10H13BrN2OS/c11-8-3-4-15-9(8)6-12-5-7-1-2-10(14)13-7/h3-4,7,12H,1-2,5-6H2,(H,13,14). The third-order valence-electron chi connectivity index (χ3n) is 2.45. The lowest BCUT2D eigenvalue weighted by atomic mass is 10.2. The molecule has 1 aliphatic rings. The molecule has 1 amide bonds. The van der Waals surface area contributed by atoms with E-state index in [1.165, 1.54) is 4.88 Å². The summed E-state index contributed by atoms with van der Waals surface area (Å²) in [5.74, 6) is 0.180. The summed E-state index contributed by atoms with van der Waals surface area (Å²) >= 11 is 5.23. The van der Waals surface area contributed by atoms with Crippen LogP contribution in [0.1, 0.15) is 17.7 Å². The second kappa shape index (κ2) is 5.09. The molecule has 1 atom stereocenters. The monoisotopic (exact) mass is 288 g/mol. The zero-order valence-corrected chi connectivity index (χ0v) is 10.7. The maximum Gasteiger partial charge on any atom is 0.220 e. The van der Waals surface area contributed by atoms with Crippen molar-refractivity contribution >= 4 is 33.2 Å². The second-order valence-electron chi connectivity index (χ2n) is 3.63. The fourth-order valence-corrected chi connectivity index (χ4v) is 3.10. The van der Waals surface area contributed by atoms with Crippen molar-refractivity contribution in [3.63, 3.8) is 0 Å². The molecule has 1 aromatic heterocycles. The van der Waals surface area contributed by atoms with E-state index in [0.717, 1.165) is 24.0 Å². The highest BCUT2D eigenvalue weighted by atomic mass is 79.9. The number of carbonyl (C=O) groups is 1. The van der Waals surface area contributed by atoms with Gasteiger partial charge >= 0.3 is 0 Å². The minimum atomic E-state index is 0.180. The van der Waals surface area contributed by atoms with E-state index in [2.05, 4.69) is 38.0 Å². The number of halogens is 1. The SMILES string of the molecule is O=C1CCC(CNCc2sccc2Br)N1. The molecular formula is C10H13BrN2OS. The molecule has 1 aromatic rings. The van der Waals surface area contributed by atoms with Crippen molar-refractivity contribution in [2.24, 2.45) is 0 Å². The van der Waals surface area contributed by atoms with Gasteiger partial charge in [-0.2, -0.15) is 0 Å². The topological polar surface area (TPSA) is 41.1 Å². The van der Waals surface area contributed by atoms with Crippen LogP contribution < -0.4 is 10.6 Å². The predicted octanol–water partition coefficient (Wildman–Crippen LogP) is 1.88. The second-order valence-corrected chi connectivity index (χ2v) is 5.48. The Morgan fingerprint density at radius 2 is 2.53 bits per heavy atom. The van der Waals surface area contributed by atoms with E-state index in [1.54, 1.807) is 11.3 Å². The van der Waals surface area contributed by atoms with Gasteiger partial charge in [-0.05, 0) is 33.8 Å². The molecule has 0 bridgehead atoms. The molecule has 0 aromatic carbocycles. The van der Waals surface area contributed by atoms with Gasteiger partial charge in [-0.1, -0.05) is 0 Å². The molecule has 0 saturated carbocycles. The predicted molar refractivity (Wildman–Crippen MR) is 64.9 cm³/mol. The van der Waals surface area contributed by atoms with E-state index >= 15 is 0 Å². The molecule has 3 nitrogen and oxygen atoms in total. The quantitative estimate of drug-likeness (QED) is 0.888. The normalized spacial score (nSPS) is 20.6. The van der Waals surface area contributed by atoms with E-state index < -0.39 is 0 Å². The van der Waals surface area contributed by atoms with Gasteiger partial charge in [0.1, 0.15) is 0 Å². The molecule has 15 heavy (non-hydrogen) atoms. The summed E-state index contributed by atoms with van der Waals surface area (Å²) in [7, 11) is 0. The first-order chi connectivity index (χ1) is 7.25. The fourth-order valence-electron chi connectivity index (χ4n) is 1.64. The van der Waals surface area contributed by atoms with Crippen LogP contribution in [0, 0.1) is 0 Å². The molecule has 1 fully saturated rings. The first-order valence-electron chi connectivity index (χ1n) is 4.97. The van der Waals surface area contributed by atoms with Gasteiger partial charge < -0.3 is 10.6 Å². The molecule has 1 aliphatic heterocycles. The lowest BCUT2D eigenvalue weighted by Crippen LogP contribution is -2.35. The Bertz CT molecular complexity index is 353. The van der Waals surface area contributed by atoms with E-state index in [0.29, 0.717) is 12.5 Å². The molecule has 2 N–H and O–H groups in total. The minimum Gasteiger partial charge on any atom is -0.352 e. The summed E-state index contributed by atoms with van der Waals surface area (Å²) in [6.45, 7) is 1.72. The zero-order chi connectivity index (χ0) is 10.7. The highest BCUT2D eigenvalue weighted by molar-refractivity contribution is 9.10. The van der Waals surface area contributed by atoms with Crippen LogP contribution in [0.2, 0.25) is 0 Å². The molecule has 82 valence electrons. The van der Waals surface area contributed by atoms with Gasteiger partial charge in [0.2, 0.25) is 5.91 Å². The maximum atomic E-state index is 11.0. The molecule has 5 heteroatoms. The molecule has 0 spiro atoms. The average Bonchev–Trinajstić information content (AvgIpc) is 2.77. The summed E-state index contributed by atoms with van der Waals surface area (Å²) in [6.07, 6.45) is 1.63. The van der Waals surface area contributed by atoms with Crippen LogP contribution in [0.15, 0.2) is 15.9 Å². The van der Waals surface area contributed by atoms with Crippen LogP contribution in [0.3, 0.4) is 0 Å². The maximum absolute atomic E-state index is 11.0. The van der Waals surface area contributed by atoms with E-state index in [-0.39, 0.29) is 5.91 Å². The fraction of sp³-hybridized carbons (Fsp3) is 0.500. The molecule has 1 unspecified atom stereocenters. The Hall–Kier alpha value is -0.390. The van der Waals surface area contributed by atoms with E-state index in [4.69, 9.17) is 0 Å². The summed E-state index contributed by atoms with van der Waals surface area (Å²) in [4.78, 5) is 12.3. The number of amides is 1. The summed E-state index contributed by atoms with van der Waals surface area (Å²) in [6, 6.07) is 2.37. The number of carbonyl (C=O) groups excluding carboxylic acids is 1. The average molecular weight is 289 g/mol. The molecule has 2 rings (SSSR count). The van der Waals surface area contributed by atoms with E-state index in [1.807, 2.05) is 0 Å². The van der Waals surface area contributed by atoms with Crippen molar-refractivity contribution in [3.05, 3.63) is 20.8 Å². The highest BCUT2D eigenvalue weighted by Gasteiger charge is 2.19. The van der Waals surface area contributed by atoms with Crippen molar-refractivity contribution in [2.45, 2.75) is 25.4 Å². The number of nitrogens with one attached hydrogen (secondary N) is 2. The van der Waals surface area contributed by atoms with Crippen LogP contribution in [-0.4, -0.2) is 18.5 Å². The number of hydrogen-bond acceptors (Lipinski definition) is 3. The summed E-state index contributed by atoms with van der Waals surface area (Å²) < 4.78 is 1.16. The Morgan fingerprint density at radius 1 is 1.67 bits per heavy atom. The van der Waals surface area contributed by atoms with Gasteiger partial charge in [0.25, 0.3) is 0 Å². The van der Waals surface area contributed by atoms with Gasteiger partial charge in [-0.3, -0.25) is 4.79 Å². The first kappa shape index (κ1) is 11.1. The van der Waals surface area contributed by atoms with Crippen LogP contribution in [0.25, 0.3) is 0 Å². The Morgan fingerprint density at radius 3 is 3.13 bits per heavy atom. The third kappa shape index (κ3) is 3.03. The number of rotatable bonds is 4. The van der Waals surface area contributed by atoms with Gasteiger partial charge in [-0.15, -0.1) is 11.3 Å². The third-order valence-corrected chi connectivity index (χ3v) is 4.38. The van der Waals surface area contributed by atoms with Crippen molar-refractivity contribution in [1.29, 1.82) is 0 Å². The van der Waals surface area contributed by atoms with E-state index in [9.17, 15) is 4.79 Å². The van der Waals surface area contributed by atoms with Crippen LogP contribution >= 0.6 is 27.3 Å². The molecule has 0 aliphatic carbocycles. The molecule has 0 radical (unpaired) electrons. The molecular weight excluding hydrogens is 276 g/mol. The van der Waals surface area contributed by atoms with Crippen molar-refractivity contribution < 1.29 is 4.79 Å². The first-order valence-corrected chi connectivity index (χ1v) is 6.65. The zero-order valence-electron chi connectivity index (χ0n) is 8.25. The largest absolute Gasteiger partial charge is 0.352 e. The van der Waals surface area contributed by atoms with Crippen LogP contribution in [-0.2, 0) is 11.3 Å².